The summed E-state index contributed by atoms with van der Waals surface area (Å²) in [4.78, 5) is 4.75. The van der Waals surface area contributed by atoms with Crippen molar-refractivity contribution in [1.82, 2.24) is 4.90 Å². The van der Waals surface area contributed by atoms with Gasteiger partial charge in [0.15, 0.2) is 0 Å². The molecular weight excluding hydrogens is 234 g/mol. The molecule has 1 N–H and O–H groups in total. The zero-order valence-corrected chi connectivity index (χ0v) is 11.9. The van der Waals surface area contributed by atoms with Gasteiger partial charge in [-0.15, -0.1) is 0 Å². The van der Waals surface area contributed by atoms with Gasteiger partial charge in [-0.1, -0.05) is 12.1 Å². The molecule has 0 atom stereocenters. The van der Waals surface area contributed by atoms with Crippen LogP contribution in [0.2, 0.25) is 0 Å². The summed E-state index contributed by atoms with van der Waals surface area (Å²) >= 11 is 0. The van der Waals surface area contributed by atoms with E-state index in [1.165, 1.54) is 29.7 Å². The van der Waals surface area contributed by atoms with Gasteiger partial charge in [-0.2, -0.15) is 0 Å². The molecule has 0 bridgehead atoms. The minimum absolute atomic E-state index is 0.576. The first-order valence-electron chi connectivity index (χ1n) is 7.31. The van der Waals surface area contributed by atoms with E-state index in [0.29, 0.717) is 5.92 Å². The predicted molar refractivity (Wildman–Crippen MR) is 80.2 cm³/mol. The lowest BCUT2D eigenvalue weighted by molar-refractivity contribution is 0.374. The molecule has 3 rings (SSSR count). The van der Waals surface area contributed by atoms with Gasteiger partial charge < -0.3 is 9.80 Å². The van der Waals surface area contributed by atoms with E-state index in [9.17, 15) is 0 Å². The Morgan fingerprint density at radius 3 is 2.42 bits per heavy atom. The Labute approximate surface area is 115 Å². The molecule has 0 aromatic heterocycles. The van der Waals surface area contributed by atoms with Gasteiger partial charge in [-0.25, -0.2) is 0 Å². The maximum atomic E-state index is 8.15. The van der Waals surface area contributed by atoms with Gasteiger partial charge in [0, 0.05) is 37.8 Å². The highest BCUT2D eigenvalue weighted by atomic mass is 15.3. The van der Waals surface area contributed by atoms with Gasteiger partial charge in [0.05, 0.1) is 5.84 Å². The second-order valence-corrected chi connectivity index (χ2v) is 5.85. The molecule has 19 heavy (non-hydrogen) atoms. The summed E-state index contributed by atoms with van der Waals surface area (Å²) in [6, 6.07) is 6.55. The molecule has 1 aliphatic carbocycles. The van der Waals surface area contributed by atoms with Crippen molar-refractivity contribution in [2.45, 2.75) is 26.7 Å². The van der Waals surface area contributed by atoms with Crippen molar-refractivity contribution in [3.05, 3.63) is 29.3 Å². The molecule has 1 aromatic rings. The number of hydrogen-bond acceptors (Lipinski definition) is 2. The maximum Gasteiger partial charge on any atom is 0.0990 e. The van der Waals surface area contributed by atoms with E-state index in [0.717, 1.165) is 32.0 Å². The molecule has 0 spiro atoms. The summed E-state index contributed by atoms with van der Waals surface area (Å²) in [5.41, 5.74) is 4.14. The number of aryl methyl sites for hydroxylation is 1. The maximum absolute atomic E-state index is 8.15. The molecule has 1 aromatic carbocycles. The molecule has 3 heteroatoms. The summed E-state index contributed by atoms with van der Waals surface area (Å²) in [6.45, 7) is 8.48. The summed E-state index contributed by atoms with van der Waals surface area (Å²) in [5.74, 6) is 1.47. The second-order valence-electron chi connectivity index (χ2n) is 5.85. The van der Waals surface area contributed by atoms with Crippen LogP contribution in [0.3, 0.4) is 0 Å². The molecule has 2 fully saturated rings. The predicted octanol–water partition coefficient (Wildman–Crippen LogP) is 2.81. The first-order valence-corrected chi connectivity index (χ1v) is 7.31. The van der Waals surface area contributed by atoms with E-state index >= 15 is 0 Å². The Kier molecular flexibility index (Phi) is 3.21. The molecule has 3 nitrogen and oxygen atoms in total. The highest BCUT2D eigenvalue weighted by Gasteiger charge is 2.31. The fraction of sp³-hybridized carbons (Fsp3) is 0.562. The van der Waals surface area contributed by atoms with Gasteiger partial charge >= 0.3 is 0 Å². The summed E-state index contributed by atoms with van der Waals surface area (Å²) < 4.78 is 0. The van der Waals surface area contributed by atoms with E-state index in [1.54, 1.807) is 0 Å². The number of anilines is 1. The standard InChI is InChI=1S/C16H23N3/c1-12-4-3-5-15(13(12)2)18-8-10-19(11-9-18)16(17)14-6-7-14/h3-5,14,17H,6-11H2,1-2H3. The van der Waals surface area contributed by atoms with Crippen molar-refractivity contribution in [2.24, 2.45) is 5.92 Å². The summed E-state index contributed by atoms with van der Waals surface area (Å²) in [5, 5.41) is 8.15. The van der Waals surface area contributed by atoms with Gasteiger partial charge in [0.25, 0.3) is 0 Å². The monoisotopic (exact) mass is 257 g/mol. The third-order valence-corrected chi connectivity index (χ3v) is 4.50. The van der Waals surface area contributed by atoms with E-state index in [4.69, 9.17) is 5.41 Å². The van der Waals surface area contributed by atoms with Crippen LogP contribution in [0.5, 0.6) is 0 Å². The van der Waals surface area contributed by atoms with Gasteiger partial charge in [-0.3, -0.25) is 5.41 Å². The SMILES string of the molecule is Cc1cccc(N2CCN(C(=N)C3CC3)CC2)c1C. The van der Waals surface area contributed by atoms with Crippen LogP contribution >= 0.6 is 0 Å². The van der Waals surface area contributed by atoms with Crippen LogP contribution in [0.4, 0.5) is 5.69 Å². The van der Waals surface area contributed by atoms with Crippen LogP contribution in [-0.2, 0) is 0 Å². The Hall–Kier alpha value is -1.51. The molecule has 0 amide bonds. The van der Waals surface area contributed by atoms with Crippen LogP contribution in [0.15, 0.2) is 18.2 Å². The van der Waals surface area contributed by atoms with Crippen molar-refractivity contribution in [3.63, 3.8) is 0 Å². The fourth-order valence-corrected chi connectivity index (χ4v) is 2.88. The Balaban J connectivity index is 1.66. The average molecular weight is 257 g/mol. The third kappa shape index (κ3) is 2.46. The van der Waals surface area contributed by atoms with Crippen molar-refractivity contribution in [1.29, 1.82) is 5.41 Å². The number of piperazine rings is 1. The van der Waals surface area contributed by atoms with E-state index in [-0.39, 0.29) is 0 Å². The molecule has 1 aliphatic heterocycles. The molecule has 0 radical (unpaired) electrons. The molecule has 102 valence electrons. The highest BCUT2D eigenvalue weighted by Crippen LogP contribution is 2.32. The lowest BCUT2D eigenvalue weighted by atomic mass is 10.1. The molecule has 0 unspecified atom stereocenters. The Bertz CT molecular complexity index is 483. The van der Waals surface area contributed by atoms with E-state index in [2.05, 4.69) is 41.8 Å². The summed E-state index contributed by atoms with van der Waals surface area (Å²) in [6.07, 6.45) is 2.46. The molecule has 1 saturated carbocycles. The molecule has 1 saturated heterocycles. The highest BCUT2D eigenvalue weighted by molar-refractivity contribution is 5.84. The zero-order chi connectivity index (χ0) is 13.4. The normalized spacial score (nSPS) is 19.7. The van der Waals surface area contributed by atoms with Crippen molar-refractivity contribution in [2.75, 3.05) is 31.1 Å². The van der Waals surface area contributed by atoms with Crippen molar-refractivity contribution >= 4 is 11.5 Å². The molecular formula is C16H23N3. The number of amidine groups is 1. The van der Waals surface area contributed by atoms with Crippen molar-refractivity contribution in [3.8, 4) is 0 Å². The van der Waals surface area contributed by atoms with E-state index in [1.807, 2.05) is 0 Å². The summed E-state index contributed by atoms with van der Waals surface area (Å²) in [7, 11) is 0. The Morgan fingerprint density at radius 1 is 1.11 bits per heavy atom. The quantitative estimate of drug-likeness (QED) is 0.652. The number of benzene rings is 1. The van der Waals surface area contributed by atoms with Gasteiger partial charge in [0.2, 0.25) is 0 Å². The number of nitrogens with one attached hydrogen (secondary N) is 1. The zero-order valence-electron chi connectivity index (χ0n) is 11.9. The van der Waals surface area contributed by atoms with Crippen LogP contribution in [0.1, 0.15) is 24.0 Å². The fourth-order valence-electron chi connectivity index (χ4n) is 2.88. The minimum atomic E-state index is 0.576. The number of hydrogen-bond donors (Lipinski definition) is 1. The first kappa shape index (κ1) is 12.5. The number of nitrogens with zero attached hydrogens (tertiary/aromatic N) is 2. The second kappa shape index (κ2) is 4.87. The van der Waals surface area contributed by atoms with Gasteiger partial charge in [0.1, 0.15) is 0 Å². The Morgan fingerprint density at radius 2 is 1.79 bits per heavy atom. The van der Waals surface area contributed by atoms with Crippen LogP contribution in [0.25, 0.3) is 0 Å². The minimum Gasteiger partial charge on any atom is -0.368 e. The smallest absolute Gasteiger partial charge is 0.0990 e. The molecule has 1 heterocycles. The number of rotatable bonds is 2. The van der Waals surface area contributed by atoms with E-state index < -0.39 is 0 Å². The first-order chi connectivity index (χ1) is 9.16. The largest absolute Gasteiger partial charge is 0.368 e. The van der Waals surface area contributed by atoms with Crippen LogP contribution in [0, 0.1) is 25.2 Å². The third-order valence-electron chi connectivity index (χ3n) is 4.50. The van der Waals surface area contributed by atoms with Crippen LogP contribution in [-0.4, -0.2) is 36.9 Å². The lowest BCUT2D eigenvalue weighted by Crippen LogP contribution is -2.49. The molecule has 2 aliphatic rings. The van der Waals surface area contributed by atoms with Crippen molar-refractivity contribution < 1.29 is 0 Å². The lowest BCUT2D eigenvalue weighted by Gasteiger charge is -2.38. The van der Waals surface area contributed by atoms with Gasteiger partial charge in [-0.05, 0) is 43.9 Å². The average Bonchev–Trinajstić information content (AvgIpc) is 3.26. The van der Waals surface area contributed by atoms with Crippen LogP contribution < -0.4 is 4.90 Å². The topological polar surface area (TPSA) is 30.3 Å².